The normalized spacial score (nSPS) is 16.1. The van der Waals surface area contributed by atoms with Crippen LogP contribution < -0.4 is 10.6 Å². The van der Waals surface area contributed by atoms with Gasteiger partial charge in [0, 0.05) is 17.1 Å². The second-order valence-corrected chi connectivity index (χ2v) is 5.78. The maximum absolute atomic E-state index is 12.2. The Labute approximate surface area is 138 Å². The fourth-order valence-corrected chi connectivity index (χ4v) is 2.54. The Morgan fingerprint density at radius 2 is 2.26 bits per heavy atom. The zero-order chi connectivity index (χ0) is 16.6. The van der Waals surface area contributed by atoms with Crippen LogP contribution in [0.2, 0.25) is 5.02 Å². The number of aromatic nitrogens is 3. The van der Waals surface area contributed by atoms with Crippen molar-refractivity contribution >= 4 is 35.1 Å². The van der Waals surface area contributed by atoms with Crippen molar-refractivity contribution in [3.05, 3.63) is 34.6 Å². The lowest BCUT2D eigenvalue weighted by Crippen LogP contribution is -2.24. The van der Waals surface area contributed by atoms with Gasteiger partial charge < -0.3 is 5.32 Å². The van der Waals surface area contributed by atoms with Gasteiger partial charge in [-0.1, -0.05) is 24.6 Å². The van der Waals surface area contributed by atoms with Crippen LogP contribution in [0.1, 0.15) is 30.8 Å². The van der Waals surface area contributed by atoms with Gasteiger partial charge in [0.15, 0.2) is 5.82 Å². The predicted octanol–water partition coefficient (Wildman–Crippen LogP) is 2.32. The lowest BCUT2D eigenvalue weighted by Gasteiger charge is -2.10. The van der Waals surface area contributed by atoms with Crippen molar-refractivity contribution in [2.24, 2.45) is 0 Å². The van der Waals surface area contributed by atoms with Crippen LogP contribution in [0.15, 0.2) is 18.2 Å². The molecule has 0 saturated heterocycles. The van der Waals surface area contributed by atoms with Crippen LogP contribution in [0.5, 0.6) is 0 Å². The molecule has 0 radical (unpaired) electrons. The highest BCUT2D eigenvalue weighted by molar-refractivity contribution is 6.31. The molecule has 7 nitrogen and oxygen atoms in total. The molecule has 23 heavy (non-hydrogen) atoms. The number of benzene rings is 1. The molecule has 1 aromatic carbocycles. The van der Waals surface area contributed by atoms with E-state index in [0.717, 1.165) is 5.56 Å². The first-order valence-corrected chi connectivity index (χ1v) is 7.68. The number of carbonyl (C=O) groups is 2. The van der Waals surface area contributed by atoms with Crippen LogP contribution in [0, 0.1) is 6.92 Å². The molecule has 0 aliphatic carbocycles. The molecule has 120 valence electrons. The zero-order valence-corrected chi connectivity index (χ0v) is 13.5. The average Bonchev–Trinajstić information content (AvgIpc) is 3.02. The first-order chi connectivity index (χ1) is 11.0. The SMILES string of the molecule is CCc1nc2n(n1)[C@@H](CC(=O)Nc1ccc(C)c(Cl)c1)C(=O)N2. The molecule has 0 bridgehead atoms. The number of nitrogens with one attached hydrogen (secondary N) is 2. The summed E-state index contributed by atoms with van der Waals surface area (Å²) in [7, 11) is 0. The van der Waals surface area contributed by atoms with E-state index in [0.29, 0.717) is 28.9 Å². The summed E-state index contributed by atoms with van der Waals surface area (Å²) in [6.45, 7) is 3.81. The van der Waals surface area contributed by atoms with Gasteiger partial charge in [0.05, 0.1) is 6.42 Å². The minimum Gasteiger partial charge on any atom is -0.326 e. The molecule has 8 heteroatoms. The summed E-state index contributed by atoms with van der Waals surface area (Å²) in [4.78, 5) is 28.4. The van der Waals surface area contributed by atoms with Crippen molar-refractivity contribution in [1.29, 1.82) is 0 Å². The molecular weight excluding hydrogens is 318 g/mol. The number of hydrogen-bond acceptors (Lipinski definition) is 4. The van der Waals surface area contributed by atoms with Gasteiger partial charge in [-0.2, -0.15) is 10.1 Å². The number of anilines is 2. The third-order valence-corrected chi connectivity index (χ3v) is 4.07. The topological polar surface area (TPSA) is 88.9 Å². The van der Waals surface area contributed by atoms with Crippen molar-refractivity contribution in [2.45, 2.75) is 32.7 Å². The lowest BCUT2D eigenvalue weighted by atomic mass is 10.2. The Balaban J connectivity index is 1.71. The number of hydrogen-bond donors (Lipinski definition) is 2. The van der Waals surface area contributed by atoms with E-state index < -0.39 is 6.04 Å². The van der Waals surface area contributed by atoms with Crippen LogP contribution in [-0.4, -0.2) is 26.6 Å². The van der Waals surface area contributed by atoms with E-state index in [-0.39, 0.29) is 18.2 Å². The van der Waals surface area contributed by atoms with E-state index in [1.165, 1.54) is 4.68 Å². The first-order valence-electron chi connectivity index (χ1n) is 7.30. The highest BCUT2D eigenvalue weighted by atomic mass is 35.5. The number of halogens is 1. The summed E-state index contributed by atoms with van der Waals surface area (Å²) >= 11 is 6.04. The van der Waals surface area contributed by atoms with Crippen molar-refractivity contribution < 1.29 is 9.59 Å². The minimum absolute atomic E-state index is 0.0170. The van der Waals surface area contributed by atoms with E-state index >= 15 is 0 Å². The maximum Gasteiger partial charge on any atom is 0.252 e. The predicted molar refractivity (Wildman–Crippen MR) is 86.5 cm³/mol. The molecule has 1 aliphatic heterocycles. The smallest absolute Gasteiger partial charge is 0.252 e. The van der Waals surface area contributed by atoms with Crippen molar-refractivity contribution in [1.82, 2.24) is 14.8 Å². The third-order valence-electron chi connectivity index (χ3n) is 3.66. The van der Waals surface area contributed by atoms with E-state index in [9.17, 15) is 9.59 Å². The average molecular weight is 334 g/mol. The molecule has 0 saturated carbocycles. The van der Waals surface area contributed by atoms with Crippen molar-refractivity contribution in [3.8, 4) is 0 Å². The van der Waals surface area contributed by atoms with Crippen molar-refractivity contribution in [3.63, 3.8) is 0 Å². The second kappa shape index (κ2) is 6.00. The van der Waals surface area contributed by atoms with Gasteiger partial charge in [0.1, 0.15) is 6.04 Å². The van der Waals surface area contributed by atoms with Gasteiger partial charge >= 0.3 is 0 Å². The fourth-order valence-electron chi connectivity index (χ4n) is 2.36. The summed E-state index contributed by atoms with van der Waals surface area (Å²) in [5.74, 6) is 0.463. The largest absolute Gasteiger partial charge is 0.326 e. The molecule has 2 amide bonds. The summed E-state index contributed by atoms with van der Waals surface area (Å²) in [5.41, 5.74) is 1.52. The highest BCUT2D eigenvalue weighted by Gasteiger charge is 2.34. The quantitative estimate of drug-likeness (QED) is 0.898. The number of rotatable bonds is 4. The molecule has 2 aromatic rings. The number of fused-ring (bicyclic) bond motifs is 1. The Morgan fingerprint density at radius 1 is 1.48 bits per heavy atom. The number of amides is 2. The van der Waals surface area contributed by atoms with Gasteiger partial charge in [0.2, 0.25) is 11.9 Å². The van der Waals surface area contributed by atoms with Crippen LogP contribution >= 0.6 is 11.6 Å². The molecule has 1 aromatic heterocycles. The second-order valence-electron chi connectivity index (χ2n) is 5.37. The summed E-state index contributed by atoms with van der Waals surface area (Å²) in [6, 6.07) is 4.59. The molecule has 0 unspecified atom stereocenters. The molecule has 0 fully saturated rings. The Morgan fingerprint density at radius 3 is 2.96 bits per heavy atom. The molecule has 0 spiro atoms. The third kappa shape index (κ3) is 3.05. The molecule has 1 atom stereocenters. The number of carbonyl (C=O) groups excluding carboxylic acids is 2. The number of aryl methyl sites for hydroxylation is 2. The zero-order valence-electron chi connectivity index (χ0n) is 12.8. The standard InChI is InChI=1S/C15H16ClN5O2/c1-3-12-18-15-19-14(23)11(21(15)20-12)7-13(22)17-9-5-4-8(2)10(16)6-9/h4-6,11H,3,7H2,1-2H3,(H,17,22)(H,18,19,20,23)/t11-/m0/s1. The number of nitrogens with zero attached hydrogens (tertiary/aromatic N) is 3. The monoisotopic (exact) mass is 333 g/mol. The first kappa shape index (κ1) is 15.5. The van der Waals surface area contributed by atoms with E-state index in [4.69, 9.17) is 11.6 Å². The van der Waals surface area contributed by atoms with E-state index in [1.807, 2.05) is 19.9 Å². The van der Waals surface area contributed by atoms with Crippen LogP contribution in [0.25, 0.3) is 0 Å². The van der Waals surface area contributed by atoms with Gasteiger partial charge in [-0.15, -0.1) is 0 Å². The summed E-state index contributed by atoms with van der Waals surface area (Å²) in [5, 5.41) is 10.2. The van der Waals surface area contributed by atoms with E-state index in [1.54, 1.807) is 12.1 Å². The van der Waals surface area contributed by atoms with Gasteiger partial charge in [0.25, 0.3) is 5.91 Å². The van der Waals surface area contributed by atoms with Crippen LogP contribution in [0.3, 0.4) is 0 Å². The molecule has 2 N–H and O–H groups in total. The fraction of sp³-hybridized carbons (Fsp3) is 0.333. The van der Waals surface area contributed by atoms with Gasteiger partial charge in [-0.3, -0.25) is 14.9 Å². The van der Waals surface area contributed by atoms with Crippen LogP contribution in [-0.2, 0) is 16.0 Å². The Bertz CT molecular complexity index is 786. The van der Waals surface area contributed by atoms with Crippen LogP contribution in [0.4, 0.5) is 11.6 Å². The lowest BCUT2D eigenvalue weighted by molar-refractivity contribution is -0.123. The minimum atomic E-state index is -0.682. The van der Waals surface area contributed by atoms with Gasteiger partial charge in [-0.05, 0) is 24.6 Å². The van der Waals surface area contributed by atoms with Crippen molar-refractivity contribution in [2.75, 3.05) is 10.6 Å². The van der Waals surface area contributed by atoms with Gasteiger partial charge in [-0.25, -0.2) is 4.68 Å². The molecule has 1 aliphatic rings. The molecular formula is C15H16ClN5O2. The Hall–Kier alpha value is -2.41. The maximum atomic E-state index is 12.2. The summed E-state index contributed by atoms with van der Waals surface area (Å²) < 4.78 is 1.48. The van der Waals surface area contributed by atoms with E-state index in [2.05, 4.69) is 20.7 Å². The molecule has 2 heterocycles. The highest BCUT2D eigenvalue weighted by Crippen LogP contribution is 2.26. The summed E-state index contributed by atoms with van der Waals surface area (Å²) in [6.07, 6.45) is 0.646. The molecule has 3 rings (SSSR count). The Kier molecular flexibility index (Phi) is 4.04.